The van der Waals surface area contributed by atoms with Crippen LogP contribution in [0.1, 0.15) is 31.2 Å². The Kier molecular flexibility index (Phi) is 5.65. The molecule has 0 saturated heterocycles. The van der Waals surface area contributed by atoms with Crippen LogP contribution < -0.4 is 10.6 Å². The van der Waals surface area contributed by atoms with E-state index in [9.17, 15) is 4.79 Å². The van der Waals surface area contributed by atoms with Gasteiger partial charge >= 0.3 is 0 Å². The monoisotopic (exact) mass is 303 g/mol. The van der Waals surface area contributed by atoms with Crippen molar-refractivity contribution in [2.45, 2.75) is 38.3 Å². The van der Waals surface area contributed by atoms with E-state index in [2.05, 4.69) is 10.6 Å². The molecule has 110 valence electrons. The van der Waals surface area contributed by atoms with Gasteiger partial charge in [0, 0.05) is 23.8 Å². The van der Waals surface area contributed by atoms with Crippen LogP contribution in [0.15, 0.2) is 36.0 Å². The van der Waals surface area contributed by atoms with Crippen molar-refractivity contribution in [3.63, 3.8) is 0 Å². The van der Waals surface area contributed by atoms with Gasteiger partial charge in [-0.3, -0.25) is 4.79 Å². The van der Waals surface area contributed by atoms with Crippen molar-refractivity contribution in [2.24, 2.45) is 0 Å². The van der Waals surface area contributed by atoms with Crippen LogP contribution in [0.2, 0.25) is 5.02 Å². The molecule has 0 aliphatic heterocycles. The summed E-state index contributed by atoms with van der Waals surface area (Å²) in [6.07, 6.45) is 5.76. The molecule has 2 rings (SSSR count). The van der Waals surface area contributed by atoms with E-state index in [4.69, 9.17) is 16.9 Å². The maximum absolute atomic E-state index is 12.0. The lowest BCUT2D eigenvalue weighted by Crippen LogP contribution is -2.33. The summed E-state index contributed by atoms with van der Waals surface area (Å²) in [6.45, 7) is 0.541. The third kappa shape index (κ3) is 4.80. The third-order valence-corrected chi connectivity index (χ3v) is 3.77. The van der Waals surface area contributed by atoms with Gasteiger partial charge in [-0.05, 0) is 30.5 Å². The molecule has 1 amide bonds. The predicted octanol–water partition coefficient (Wildman–Crippen LogP) is 2.90. The van der Waals surface area contributed by atoms with E-state index in [0.29, 0.717) is 11.6 Å². The lowest BCUT2D eigenvalue weighted by atomic mass is 10.2. The number of rotatable bonds is 5. The number of nitriles is 1. The van der Waals surface area contributed by atoms with Crippen molar-refractivity contribution in [3.05, 3.63) is 46.6 Å². The highest BCUT2D eigenvalue weighted by molar-refractivity contribution is 6.30. The molecule has 4 nitrogen and oxygen atoms in total. The number of hydrogen-bond donors (Lipinski definition) is 2. The maximum atomic E-state index is 12.0. The second kappa shape index (κ2) is 7.70. The number of halogens is 1. The molecule has 0 bridgehead atoms. The summed E-state index contributed by atoms with van der Waals surface area (Å²) in [5.74, 6) is -0.298. The van der Waals surface area contributed by atoms with Crippen molar-refractivity contribution in [2.75, 3.05) is 0 Å². The molecule has 0 unspecified atom stereocenters. The highest BCUT2D eigenvalue weighted by atomic mass is 35.5. The first kappa shape index (κ1) is 15.4. The van der Waals surface area contributed by atoms with Crippen LogP contribution in [0.5, 0.6) is 0 Å². The third-order valence-electron chi connectivity index (χ3n) is 3.52. The molecule has 1 aromatic rings. The van der Waals surface area contributed by atoms with Gasteiger partial charge in [0.25, 0.3) is 5.91 Å². The predicted molar refractivity (Wildman–Crippen MR) is 82.4 cm³/mol. The smallest absolute Gasteiger partial charge is 0.263 e. The largest absolute Gasteiger partial charge is 0.386 e. The Morgan fingerprint density at radius 3 is 2.62 bits per heavy atom. The first-order chi connectivity index (χ1) is 10.2. The van der Waals surface area contributed by atoms with E-state index in [1.807, 2.05) is 18.2 Å². The summed E-state index contributed by atoms with van der Waals surface area (Å²) < 4.78 is 0. The van der Waals surface area contributed by atoms with Gasteiger partial charge in [0.15, 0.2) is 0 Å². The minimum absolute atomic E-state index is 0.107. The summed E-state index contributed by atoms with van der Waals surface area (Å²) in [7, 11) is 0. The zero-order valence-corrected chi connectivity index (χ0v) is 12.5. The van der Waals surface area contributed by atoms with Crippen LogP contribution >= 0.6 is 11.6 Å². The standard InChI is InChI=1S/C16H18ClN3O/c17-14-7-5-12(6-8-14)10-19-11-13(9-18)16(21)20-15-3-1-2-4-15/h5-8,11,15,19H,1-4,10H2,(H,20,21)/b13-11-. The molecular formula is C16H18ClN3O. The first-order valence-electron chi connectivity index (χ1n) is 7.08. The molecule has 0 spiro atoms. The van der Waals surface area contributed by atoms with Crippen molar-refractivity contribution in [3.8, 4) is 6.07 Å². The number of hydrogen-bond acceptors (Lipinski definition) is 3. The van der Waals surface area contributed by atoms with Gasteiger partial charge in [-0.15, -0.1) is 0 Å². The molecule has 0 radical (unpaired) electrons. The average Bonchev–Trinajstić information content (AvgIpc) is 2.98. The topological polar surface area (TPSA) is 64.9 Å². The van der Waals surface area contributed by atoms with Gasteiger partial charge in [-0.1, -0.05) is 36.6 Å². The molecule has 0 atom stereocenters. The summed E-state index contributed by atoms with van der Waals surface area (Å²) in [4.78, 5) is 12.0. The quantitative estimate of drug-likeness (QED) is 0.649. The molecule has 2 N–H and O–H groups in total. The fourth-order valence-electron chi connectivity index (χ4n) is 2.36. The molecule has 1 saturated carbocycles. The van der Waals surface area contributed by atoms with E-state index >= 15 is 0 Å². The molecular weight excluding hydrogens is 286 g/mol. The van der Waals surface area contributed by atoms with Crippen LogP contribution in [0.4, 0.5) is 0 Å². The zero-order valence-electron chi connectivity index (χ0n) is 11.7. The summed E-state index contributed by atoms with van der Waals surface area (Å²) in [5.41, 5.74) is 1.14. The van der Waals surface area contributed by atoms with Crippen LogP contribution in [0.25, 0.3) is 0 Å². The summed E-state index contributed by atoms with van der Waals surface area (Å²) >= 11 is 5.81. The zero-order chi connectivity index (χ0) is 15.1. The molecule has 5 heteroatoms. The molecule has 1 aliphatic rings. The fraction of sp³-hybridized carbons (Fsp3) is 0.375. The Labute approximate surface area is 129 Å². The van der Waals surface area contributed by atoms with E-state index < -0.39 is 0 Å². The van der Waals surface area contributed by atoms with E-state index in [0.717, 1.165) is 31.2 Å². The van der Waals surface area contributed by atoms with Crippen molar-refractivity contribution < 1.29 is 4.79 Å². The van der Waals surface area contributed by atoms with E-state index in [1.165, 1.54) is 6.20 Å². The lowest BCUT2D eigenvalue weighted by molar-refractivity contribution is -0.117. The SMILES string of the molecule is N#C/C(=C/NCc1ccc(Cl)cc1)C(=O)NC1CCCC1. The van der Waals surface area contributed by atoms with Crippen LogP contribution in [-0.2, 0) is 11.3 Å². The highest BCUT2D eigenvalue weighted by Crippen LogP contribution is 2.17. The molecule has 0 heterocycles. The van der Waals surface area contributed by atoms with Gasteiger partial charge in [0.1, 0.15) is 11.6 Å². The Hall–Kier alpha value is -1.99. The van der Waals surface area contributed by atoms with Gasteiger partial charge in [-0.25, -0.2) is 0 Å². The number of carbonyl (C=O) groups excluding carboxylic acids is 1. The number of benzene rings is 1. The Morgan fingerprint density at radius 2 is 2.00 bits per heavy atom. The van der Waals surface area contributed by atoms with E-state index in [-0.39, 0.29) is 17.5 Å². The summed E-state index contributed by atoms with van der Waals surface area (Å²) in [5, 5.41) is 15.6. The van der Waals surface area contributed by atoms with Gasteiger partial charge in [-0.2, -0.15) is 5.26 Å². The molecule has 21 heavy (non-hydrogen) atoms. The van der Waals surface area contributed by atoms with E-state index in [1.54, 1.807) is 12.1 Å². The second-order valence-corrected chi connectivity index (χ2v) is 5.57. The Bertz CT molecular complexity index is 554. The number of nitrogens with zero attached hydrogens (tertiary/aromatic N) is 1. The molecule has 0 aromatic heterocycles. The minimum atomic E-state index is -0.298. The van der Waals surface area contributed by atoms with Crippen LogP contribution in [-0.4, -0.2) is 11.9 Å². The van der Waals surface area contributed by atoms with Crippen LogP contribution in [0, 0.1) is 11.3 Å². The average molecular weight is 304 g/mol. The molecule has 1 fully saturated rings. The normalized spacial score (nSPS) is 15.5. The number of nitrogens with one attached hydrogen (secondary N) is 2. The summed E-state index contributed by atoms with van der Waals surface area (Å²) in [6, 6.07) is 9.56. The van der Waals surface area contributed by atoms with Gasteiger partial charge < -0.3 is 10.6 Å². The van der Waals surface area contributed by atoms with Gasteiger partial charge in [0.05, 0.1) is 0 Å². The fourth-order valence-corrected chi connectivity index (χ4v) is 2.48. The second-order valence-electron chi connectivity index (χ2n) is 5.13. The van der Waals surface area contributed by atoms with Crippen LogP contribution in [0.3, 0.4) is 0 Å². The molecule has 1 aromatic carbocycles. The van der Waals surface area contributed by atoms with Crippen molar-refractivity contribution in [1.82, 2.24) is 10.6 Å². The number of amides is 1. The molecule has 1 aliphatic carbocycles. The highest BCUT2D eigenvalue weighted by Gasteiger charge is 2.19. The minimum Gasteiger partial charge on any atom is -0.386 e. The Morgan fingerprint density at radius 1 is 1.33 bits per heavy atom. The first-order valence-corrected chi connectivity index (χ1v) is 7.46. The number of carbonyl (C=O) groups is 1. The van der Waals surface area contributed by atoms with Crippen molar-refractivity contribution in [1.29, 1.82) is 5.26 Å². The van der Waals surface area contributed by atoms with Gasteiger partial charge in [0.2, 0.25) is 0 Å². The lowest BCUT2D eigenvalue weighted by Gasteiger charge is -2.11. The van der Waals surface area contributed by atoms with Crippen molar-refractivity contribution >= 4 is 17.5 Å². The Balaban J connectivity index is 1.86. The maximum Gasteiger partial charge on any atom is 0.263 e.